The Kier molecular flexibility index (Phi) is 6.87. The lowest BCUT2D eigenvalue weighted by Gasteiger charge is -2.30. The molecule has 6 nitrogen and oxygen atoms in total. The standard InChI is InChI=1S/C24H32N4O2/c1-6-16(2)18-9-7-8-10-19(18)22(25-5)24(3,4)28-23(29)20-15-27-14-17-13-26-11-12-30-21(17)20/h7-10,14-16,26H,6,11-13H2,1-5H3,(H,28,29). The quantitative estimate of drug-likeness (QED) is 0.715. The summed E-state index contributed by atoms with van der Waals surface area (Å²) in [5.41, 5.74) is 3.84. The van der Waals surface area contributed by atoms with Gasteiger partial charge in [0.2, 0.25) is 0 Å². The number of carbonyl (C=O) groups is 1. The largest absolute Gasteiger partial charge is 0.491 e. The van der Waals surface area contributed by atoms with Crippen LogP contribution in [0.15, 0.2) is 41.7 Å². The normalized spacial score (nSPS) is 15.6. The van der Waals surface area contributed by atoms with Crippen molar-refractivity contribution in [1.29, 1.82) is 0 Å². The topological polar surface area (TPSA) is 75.6 Å². The number of aromatic nitrogens is 1. The fourth-order valence-corrected chi connectivity index (χ4v) is 3.91. The number of pyridine rings is 1. The van der Waals surface area contributed by atoms with Gasteiger partial charge in [-0.3, -0.25) is 14.8 Å². The molecule has 1 aromatic heterocycles. The summed E-state index contributed by atoms with van der Waals surface area (Å²) in [6.45, 7) is 10.3. The van der Waals surface area contributed by atoms with Crippen molar-refractivity contribution in [2.75, 3.05) is 20.2 Å². The number of fused-ring (bicyclic) bond motifs is 1. The molecule has 1 aliphatic heterocycles. The number of hydrogen-bond acceptors (Lipinski definition) is 5. The first-order chi connectivity index (χ1) is 14.4. The number of hydrogen-bond donors (Lipinski definition) is 2. The second-order valence-corrected chi connectivity index (χ2v) is 8.25. The third kappa shape index (κ3) is 4.54. The zero-order valence-corrected chi connectivity index (χ0v) is 18.6. The van der Waals surface area contributed by atoms with Crippen molar-refractivity contribution < 1.29 is 9.53 Å². The highest BCUT2D eigenvalue weighted by atomic mass is 16.5. The molecule has 1 unspecified atom stereocenters. The molecule has 0 radical (unpaired) electrons. The van der Waals surface area contributed by atoms with Crippen molar-refractivity contribution in [2.45, 2.75) is 52.1 Å². The minimum absolute atomic E-state index is 0.214. The van der Waals surface area contributed by atoms with Crippen LogP contribution in [0.1, 0.15) is 67.1 Å². The summed E-state index contributed by atoms with van der Waals surface area (Å²) in [6.07, 6.45) is 4.36. The van der Waals surface area contributed by atoms with Gasteiger partial charge in [0.1, 0.15) is 12.4 Å². The fraction of sp³-hybridized carbons (Fsp3) is 0.458. The zero-order valence-electron chi connectivity index (χ0n) is 18.6. The van der Waals surface area contributed by atoms with Crippen molar-refractivity contribution in [3.8, 4) is 5.75 Å². The molecule has 2 heterocycles. The molecule has 0 bridgehead atoms. The maximum atomic E-state index is 13.3. The van der Waals surface area contributed by atoms with Gasteiger partial charge in [0, 0.05) is 43.7 Å². The van der Waals surface area contributed by atoms with E-state index in [9.17, 15) is 4.79 Å². The minimum Gasteiger partial charge on any atom is -0.491 e. The number of aliphatic imine (C=N–C) groups is 1. The summed E-state index contributed by atoms with van der Waals surface area (Å²) in [6, 6.07) is 8.31. The van der Waals surface area contributed by atoms with Gasteiger partial charge in [0.05, 0.1) is 16.8 Å². The average molecular weight is 409 g/mol. The Balaban J connectivity index is 1.92. The van der Waals surface area contributed by atoms with Gasteiger partial charge in [-0.15, -0.1) is 0 Å². The molecule has 1 aliphatic rings. The van der Waals surface area contributed by atoms with Crippen molar-refractivity contribution in [2.24, 2.45) is 4.99 Å². The predicted octanol–water partition coefficient (Wildman–Crippen LogP) is 3.70. The van der Waals surface area contributed by atoms with E-state index in [0.717, 1.165) is 29.8 Å². The molecular formula is C24H32N4O2. The highest BCUT2D eigenvalue weighted by molar-refractivity contribution is 6.11. The van der Waals surface area contributed by atoms with Gasteiger partial charge in [-0.2, -0.15) is 0 Å². The molecule has 1 amide bonds. The molecule has 0 aliphatic carbocycles. The number of benzene rings is 1. The number of amides is 1. The van der Waals surface area contributed by atoms with E-state index < -0.39 is 5.54 Å². The molecule has 0 fully saturated rings. The van der Waals surface area contributed by atoms with Gasteiger partial charge in [0.25, 0.3) is 5.91 Å². The third-order valence-electron chi connectivity index (χ3n) is 5.66. The Morgan fingerprint density at radius 3 is 2.80 bits per heavy atom. The highest BCUT2D eigenvalue weighted by Gasteiger charge is 2.31. The molecule has 0 saturated carbocycles. The summed E-state index contributed by atoms with van der Waals surface area (Å²) >= 11 is 0. The molecule has 2 N–H and O–H groups in total. The zero-order chi connectivity index (χ0) is 21.7. The summed E-state index contributed by atoms with van der Waals surface area (Å²) in [4.78, 5) is 22.1. The van der Waals surface area contributed by atoms with Crippen LogP contribution in [-0.4, -0.2) is 42.3 Å². The van der Waals surface area contributed by atoms with E-state index in [1.165, 1.54) is 5.56 Å². The smallest absolute Gasteiger partial charge is 0.257 e. The first kappa shape index (κ1) is 22.0. The van der Waals surface area contributed by atoms with Crippen LogP contribution >= 0.6 is 0 Å². The Bertz CT molecular complexity index is 937. The van der Waals surface area contributed by atoms with E-state index in [0.29, 0.717) is 30.4 Å². The van der Waals surface area contributed by atoms with Gasteiger partial charge < -0.3 is 15.4 Å². The molecule has 30 heavy (non-hydrogen) atoms. The molecule has 2 aromatic rings. The molecule has 1 atom stereocenters. The summed E-state index contributed by atoms with van der Waals surface area (Å²) < 4.78 is 5.86. The molecule has 0 saturated heterocycles. The number of ether oxygens (including phenoxy) is 1. The SMILES string of the molecule is CCC(C)c1ccccc1C(=NC)C(C)(C)NC(=O)c1cncc2c1OCCNC2. The molecular weight excluding hydrogens is 376 g/mol. The van der Waals surface area contributed by atoms with Crippen molar-refractivity contribution in [3.63, 3.8) is 0 Å². The molecule has 1 aromatic carbocycles. The molecule has 6 heteroatoms. The second-order valence-electron chi connectivity index (χ2n) is 8.25. The highest BCUT2D eigenvalue weighted by Crippen LogP contribution is 2.28. The lowest BCUT2D eigenvalue weighted by atomic mass is 9.84. The van der Waals surface area contributed by atoms with E-state index in [1.807, 2.05) is 19.9 Å². The average Bonchev–Trinajstić information content (AvgIpc) is 2.99. The summed E-state index contributed by atoms with van der Waals surface area (Å²) in [5.74, 6) is 0.797. The van der Waals surface area contributed by atoms with Crippen LogP contribution < -0.4 is 15.4 Å². The molecule has 3 rings (SSSR count). The Morgan fingerprint density at radius 2 is 2.07 bits per heavy atom. The summed E-state index contributed by atoms with van der Waals surface area (Å²) in [7, 11) is 1.78. The van der Waals surface area contributed by atoms with E-state index in [-0.39, 0.29) is 5.91 Å². The first-order valence-corrected chi connectivity index (χ1v) is 10.6. The monoisotopic (exact) mass is 408 g/mol. The van der Waals surface area contributed by atoms with E-state index in [4.69, 9.17) is 4.74 Å². The van der Waals surface area contributed by atoms with Gasteiger partial charge in [0.15, 0.2) is 0 Å². The third-order valence-corrected chi connectivity index (χ3v) is 5.66. The predicted molar refractivity (Wildman–Crippen MR) is 121 cm³/mol. The van der Waals surface area contributed by atoms with Crippen LogP contribution in [0.2, 0.25) is 0 Å². The lowest BCUT2D eigenvalue weighted by molar-refractivity contribution is 0.0927. The Morgan fingerprint density at radius 1 is 1.30 bits per heavy atom. The maximum absolute atomic E-state index is 13.3. The van der Waals surface area contributed by atoms with E-state index in [2.05, 4.69) is 52.7 Å². The number of nitrogens with one attached hydrogen (secondary N) is 2. The van der Waals surface area contributed by atoms with E-state index >= 15 is 0 Å². The fourth-order valence-electron chi connectivity index (χ4n) is 3.91. The van der Waals surface area contributed by atoms with Gasteiger partial charge >= 0.3 is 0 Å². The van der Waals surface area contributed by atoms with Gasteiger partial charge in [-0.1, -0.05) is 38.1 Å². The maximum Gasteiger partial charge on any atom is 0.257 e. The first-order valence-electron chi connectivity index (χ1n) is 10.6. The van der Waals surface area contributed by atoms with Crippen LogP contribution in [0.3, 0.4) is 0 Å². The van der Waals surface area contributed by atoms with Crippen molar-refractivity contribution in [1.82, 2.24) is 15.6 Å². The lowest BCUT2D eigenvalue weighted by Crippen LogP contribution is -2.50. The van der Waals surface area contributed by atoms with Crippen LogP contribution in [0.5, 0.6) is 5.75 Å². The number of carbonyl (C=O) groups excluding carboxylic acids is 1. The Hall–Kier alpha value is -2.73. The van der Waals surface area contributed by atoms with Crippen molar-refractivity contribution in [3.05, 3.63) is 58.9 Å². The van der Waals surface area contributed by atoms with Crippen LogP contribution in [0.4, 0.5) is 0 Å². The molecule has 160 valence electrons. The van der Waals surface area contributed by atoms with Crippen LogP contribution in [0.25, 0.3) is 0 Å². The number of nitrogens with zero attached hydrogens (tertiary/aromatic N) is 2. The number of rotatable bonds is 6. The second kappa shape index (κ2) is 9.39. The van der Waals surface area contributed by atoms with Crippen LogP contribution in [-0.2, 0) is 6.54 Å². The van der Waals surface area contributed by atoms with Gasteiger partial charge in [-0.25, -0.2) is 0 Å². The minimum atomic E-state index is -0.679. The molecule has 0 spiro atoms. The van der Waals surface area contributed by atoms with Gasteiger partial charge in [-0.05, 0) is 31.7 Å². The summed E-state index contributed by atoms with van der Waals surface area (Å²) in [5, 5.41) is 6.44. The van der Waals surface area contributed by atoms with E-state index in [1.54, 1.807) is 19.4 Å². The Labute approximate surface area is 179 Å². The van der Waals surface area contributed by atoms with Crippen molar-refractivity contribution >= 4 is 11.6 Å². The van der Waals surface area contributed by atoms with Crippen LogP contribution in [0, 0.1) is 0 Å².